The summed E-state index contributed by atoms with van der Waals surface area (Å²) in [5.41, 5.74) is 0.227. The van der Waals surface area contributed by atoms with Crippen molar-refractivity contribution in [2.45, 2.75) is 38.8 Å². The quantitative estimate of drug-likeness (QED) is 0.916. The minimum Gasteiger partial charge on any atom is -0.465 e. The highest BCUT2D eigenvalue weighted by molar-refractivity contribution is 7.22. The van der Waals surface area contributed by atoms with Gasteiger partial charge in [-0.15, -0.1) is 0 Å². The van der Waals surface area contributed by atoms with E-state index in [4.69, 9.17) is 0 Å². The highest BCUT2D eigenvalue weighted by atomic mass is 32.1. The molecule has 7 heteroatoms. The summed E-state index contributed by atoms with van der Waals surface area (Å²) in [5.74, 6) is -0.193. The Hall–Kier alpha value is -2.15. The molecule has 1 aliphatic heterocycles. The van der Waals surface area contributed by atoms with Crippen molar-refractivity contribution >= 4 is 38.7 Å². The van der Waals surface area contributed by atoms with Crippen LogP contribution < -0.4 is 4.90 Å². The smallest absolute Gasteiger partial charge is 0.408 e. The van der Waals surface area contributed by atoms with E-state index in [0.29, 0.717) is 18.1 Å². The van der Waals surface area contributed by atoms with Crippen molar-refractivity contribution in [1.82, 2.24) is 9.88 Å². The van der Waals surface area contributed by atoms with Gasteiger partial charge in [0.1, 0.15) is 6.04 Å². The van der Waals surface area contributed by atoms with Crippen molar-refractivity contribution in [3.8, 4) is 0 Å². The van der Waals surface area contributed by atoms with E-state index in [1.54, 1.807) is 25.7 Å². The SMILES string of the molecule is CC(C)(C)N(C(=O)O)[C@H]1CCN(c2nc3ccccc3s2)C1=O. The zero-order chi connectivity index (χ0) is 16.8. The molecule has 0 bridgehead atoms. The van der Waals surface area contributed by atoms with Crippen LogP contribution in [0.1, 0.15) is 27.2 Å². The summed E-state index contributed by atoms with van der Waals surface area (Å²) in [6.07, 6.45) is -0.583. The van der Waals surface area contributed by atoms with E-state index in [2.05, 4.69) is 4.98 Å². The lowest BCUT2D eigenvalue weighted by molar-refractivity contribution is -0.122. The van der Waals surface area contributed by atoms with E-state index in [-0.39, 0.29) is 5.91 Å². The van der Waals surface area contributed by atoms with Crippen LogP contribution in [-0.4, -0.2) is 45.1 Å². The van der Waals surface area contributed by atoms with E-state index >= 15 is 0 Å². The normalized spacial score (nSPS) is 18.7. The number of carboxylic acid groups (broad SMARTS) is 1. The Bertz CT molecular complexity index is 732. The van der Waals surface area contributed by atoms with Crippen molar-refractivity contribution in [2.75, 3.05) is 11.4 Å². The van der Waals surface area contributed by atoms with Gasteiger partial charge in [-0.3, -0.25) is 14.6 Å². The largest absolute Gasteiger partial charge is 0.465 e. The highest BCUT2D eigenvalue weighted by Crippen LogP contribution is 2.33. The topological polar surface area (TPSA) is 73.7 Å². The lowest BCUT2D eigenvalue weighted by Gasteiger charge is -2.36. The number of carbonyl (C=O) groups is 2. The number of carbonyl (C=O) groups excluding carboxylic acids is 1. The van der Waals surface area contributed by atoms with E-state index in [1.807, 2.05) is 24.3 Å². The zero-order valence-corrected chi connectivity index (χ0v) is 14.1. The number of aromatic nitrogens is 1. The zero-order valence-electron chi connectivity index (χ0n) is 13.3. The van der Waals surface area contributed by atoms with Crippen LogP contribution in [0.3, 0.4) is 0 Å². The number of para-hydroxylation sites is 1. The first-order valence-corrected chi connectivity index (χ1v) is 8.30. The molecule has 1 atom stereocenters. The maximum atomic E-state index is 12.8. The van der Waals surface area contributed by atoms with Crippen molar-refractivity contribution < 1.29 is 14.7 Å². The molecule has 0 spiro atoms. The molecule has 2 aromatic rings. The number of nitrogens with zero attached hydrogens (tertiary/aromatic N) is 3. The number of amides is 2. The van der Waals surface area contributed by atoms with Crippen molar-refractivity contribution in [1.29, 1.82) is 0 Å². The summed E-state index contributed by atoms with van der Waals surface area (Å²) in [6.45, 7) is 5.89. The Morgan fingerprint density at radius 3 is 2.70 bits per heavy atom. The fourth-order valence-electron chi connectivity index (χ4n) is 2.96. The van der Waals surface area contributed by atoms with Crippen LogP contribution in [0, 0.1) is 0 Å². The van der Waals surface area contributed by atoms with Gasteiger partial charge in [0.15, 0.2) is 5.13 Å². The number of benzene rings is 1. The van der Waals surface area contributed by atoms with Gasteiger partial charge in [-0.05, 0) is 39.3 Å². The first kappa shape index (κ1) is 15.7. The summed E-state index contributed by atoms with van der Waals surface area (Å²) < 4.78 is 1.02. The fraction of sp³-hybridized carbons (Fsp3) is 0.438. The third-order valence-corrected chi connectivity index (χ3v) is 4.99. The maximum Gasteiger partial charge on any atom is 0.408 e. The number of hydrogen-bond acceptors (Lipinski definition) is 4. The van der Waals surface area contributed by atoms with E-state index in [9.17, 15) is 14.7 Å². The van der Waals surface area contributed by atoms with E-state index in [0.717, 1.165) is 10.2 Å². The molecule has 0 saturated carbocycles. The standard InChI is InChI=1S/C16H19N3O3S/c1-16(2,3)19(15(21)22)11-8-9-18(13(11)20)14-17-10-6-4-5-7-12(10)23-14/h4-7,11H,8-9H2,1-3H3,(H,21,22)/t11-/m0/s1. The first-order valence-electron chi connectivity index (χ1n) is 7.48. The summed E-state index contributed by atoms with van der Waals surface area (Å²) in [6, 6.07) is 7.07. The van der Waals surface area contributed by atoms with Gasteiger partial charge in [0, 0.05) is 12.1 Å². The number of thiazole rings is 1. The molecule has 0 aliphatic carbocycles. The average molecular weight is 333 g/mol. The minimum absolute atomic E-state index is 0.193. The number of hydrogen-bond donors (Lipinski definition) is 1. The minimum atomic E-state index is -1.07. The van der Waals surface area contributed by atoms with E-state index < -0.39 is 17.7 Å². The van der Waals surface area contributed by atoms with Crippen LogP contribution >= 0.6 is 11.3 Å². The monoisotopic (exact) mass is 333 g/mol. The third-order valence-electron chi connectivity index (χ3n) is 3.93. The van der Waals surface area contributed by atoms with Crippen LogP contribution in [0.4, 0.5) is 9.93 Å². The number of fused-ring (bicyclic) bond motifs is 1. The van der Waals surface area contributed by atoms with Crippen molar-refractivity contribution in [2.24, 2.45) is 0 Å². The summed E-state index contributed by atoms with van der Waals surface area (Å²) in [5, 5.41) is 10.1. The molecule has 1 aromatic carbocycles. The highest BCUT2D eigenvalue weighted by Gasteiger charge is 2.44. The fourth-order valence-corrected chi connectivity index (χ4v) is 3.95. The molecule has 1 N–H and O–H groups in total. The van der Waals surface area contributed by atoms with Crippen molar-refractivity contribution in [3.63, 3.8) is 0 Å². The lowest BCUT2D eigenvalue weighted by atomic mass is 10.0. The molecule has 122 valence electrons. The third kappa shape index (κ3) is 2.76. The van der Waals surface area contributed by atoms with Crippen LogP contribution in [0.15, 0.2) is 24.3 Å². The van der Waals surface area contributed by atoms with Gasteiger partial charge in [-0.1, -0.05) is 23.5 Å². The second-order valence-electron chi connectivity index (χ2n) is 6.58. The molecular weight excluding hydrogens is 314 g/mol. The molecular formula is C16H19N3O3S. The summed E-state index contributed by atoms with van der Waals surface area (Å²) in [4.78, 5) is 31.7. The van der Waals surface area contributed by atoms with Gasteiger partial charge in [0.2, 0.25) is 0 Å². The molecule has 2 heterocycles. The van der Waals surface area contributed by atoms with Gasteiger partial charge < -0.3 is 5.11 Å². The Morgan fingerprint density at radius 1 is 1.39 bits per heavy atom. The molecule has 2 amide bonds. The number of anilines is 1. The average Bonchev–Trinajstić information content (AvgIpc) is 3.01. The molecule has 1 fully saturated rings. The molecule has 1 saturated heterocycles. The Morgan fingerprint density at radius 2 is 2.09 bits per heavy atom. The molecule has 1 aromatic heterocycles. The lowest BCUT2D eigenvalue weighted by Crippen LogP contribution is -2.54. The maximum absolute atomic E-state index is 12.8. The van der Waals surface area contributed by atoms with Gasteiger partial charge in [-0.25, -0.2) is 9.78 Å². The molecule has 6 nitrogen and oxygen atoms in total. The van der Waals surface area contributed by atoms with Crippen LogP contribution in [0.25, 0.3) is 10.2 Å². The molecule has 1 aliphatic rings. The molecule has 3 rings (SSSR count). The van der Waals surface area contributed by atoms with Crippen LogP contribution in [0.2, 0.25) is 0 Å². The van der Waals surface area contributed by atoms with Crippen molar-refractivity contribution in [3.05, 3.63) is 24.3 Å². The Labute approximate surface area is 138 Å². The van der Waals surface area contributed by atoms with E-state index in [1.165, 1.54) is 16.2 Å². The predicted octanol–water partition coefficient (Wildman–Crippen LogP) is 3.18. The predicted molar refractivity (Wildman–Crippen MR) is 90.0 cm³/mol. The molecule has 0 unspecified atom stereocenters. The first-order chi connectivity index (χ1) is 10.8. The second-order valence-corrected chi connectivity index (χ2v) is 7.59. The van der Waals surface area contributed by atoms with Crippen LogP contribution in [-0.2, 0) is 4.79 Å². The molecule has 23 heavy (non-hydrogen) atoms. The summed E-state index contributed by atoms with van der Waals surface area (Å²) in [7, 11) is 0. The van der Waals surface area contributed by atoms with Crippen LogP contribution in [0.5, 0.6) is 0 Å². The number of rotatable bonds is 2. The van der Waals surface area contributed by atoms with Gasteiger partial charge >= 0.3 is 6.09 Å². The Kier molecular flexibility index (Phi) is 3.75. The second kappa shape index (κ2) is 5.49. The van der Waals surface area contributed by atoms with Gasteiger partial charge in [0.05, 0.1) is 10.2 Å². The van der Waals surface area contributed by atoms with Gasteiger partial charge in [0.25, 0.3) is 5.91 Å². The Balaban J connectivity index is 1.90. The molecule has 0 radical (unpaired) electrons. The summed E-state index contributed by atoms with van der Waals surface area (Å²) >= 11 is 1.46. The van der Waals surface area contributed by atoms with Gasteiger partial charge in [-0.2, -0.15) is 0 Å².